The van der Waals surface area contributed by atoms with Gasteiger partial charge >= 0.3 is 18.9 Å². The summed E-state index contributed by atoms with van der Waals surface area (Å²) in [7, 11) is 0. The van der Waals surface area contributed by atoms with Gasteiger partial charge < -0.3 is 20.1 Å². The summed E-state index contributed by atoms with van der Waals surface area (Å²) < 4.78 is 0. The van der Waals surface area contributed by atoms with Crippen LogP contribution in [0.2, 0.25) is 0 Å². The van der Waals surface area contributed by atoms with Gasteiger partial charge in [0, 0.05) is 16.7 Å². The molecule has 1 aromatic carbocycles. The molecule has 0 unspecified atom stereocenters. The van der Waals surface area contributed by atoms with E-state index in [1.165, 1.54) is 0 Å². The first-order valence-electron chi connectivity index (χ1n) is 9.27. The van der Waals surface area contributed by atoms with Gasteiger partial charge in [-0.05, 0) is 58.9 Å². The van der Waals surface area contributed by atoms with Gasteiger partial charge in [0.05, 0.1) is 5.97 Å². The van der Waals surface area contributed by atoms with Crippen molar-refractivity contribution in [1.29, 1.82) is 0 Å². The summed E-state index contributed by atoms with van der Waals surface area (Å²) in [4.78, 5) is 11.8. The molecule has 0 amide bonds. The Morgan fingerprint density at radius 2 is 1.41 bits per heavy atom. The first-order chi connectivity index (χ1) is 12.2. The molecule has 0 saturated carbocycles. The number of carbonyl (C=O) groups is 1. The Morgan fingerprint density at radius 1 is 0.889 bits per heavy atom. The molecular weight excluding hydrogens is 335 g/mol. The molecule has 0 bridgehead atoms. The van der Waals surface area contributed by atoms with Gasteiger partial charge in [-0.25, -0.2) is 0 Å². The molecule has 0 aliphatic heterocycles. The fourth-order valence-electron chi connectivity index (χ4n) is 2.96. The van der Waals surface area contributed by atoms with Crippen molar-refractivity contribution in [1.82, 2.24) is 0 Å². The van der Waals surface area contributed by atoms with Crippen LogP contribution in [0.4, 0.5) is 0 Å². The van der Waals surface area contributed by atoms with E-state index >= 15 is 0 Å². The Morgan fingerprint density at radius 3 is 1.85 bits per heavy atom. The molecule has 144 valence electrons. The standard InChI is InChI=1S/C22H32O4.Li/c1-6-7-8-9-16-17(12-10-14(2)3)20(23)18(13-11-15(4)5)21(24)19(16)22(25)26;/h10-11,23-24H,6-9,12-13H2,1-5H3,(H,25,26);/q;+1/p-1. The third-order valence-corrected chi connectivity index (χ3v) is 4.42. The zero-order valence-corrected chi connectivity index (χ0v) is 17.6. The van der Waals surface area contributed by atoms with Crippen LogP contribution in [0.25, 0.3) is 0 Å². The zero-order chi connectivity index (χ0) is 19.9. The number of hydrogen-bond donors (Lipinski definition) is 2. The SMILES string of the molecule is CCCCCc1c(CC=C(C)C)c(O)c(CC=C(C)C)c(O)c1C(=O)[O-].[Li+]. The molecule has 0 aromatic heterocycles. The Kier molecular flexibility index (Phi) is 11.2. The van der Waals surface area contributed by atoms with E-state index in [4.69, 9.17) is 0 Å². The summed E-state index contributed by atoms with van der Waals surface area (Å²) >= 11 is 0. The fourth-order valence-corrected chi connectivity index (χ4v) is 2.96. The number of aromatic carboxylic acids is 1. The van der Waals surface area contributed by atoms with E-state index < -0.39 is 5.97 Å². The van der Waals surface area contributed by atoms with Crippen molar-refractivity contribution in [3.63, 3.8) is 0 Å². The number of carbonyl (C=O) groups excluding carboxylic acids is 1. The first-order valence-corrected chi connectivity index (χ1v) is 9.27. The molecule has 2 N–H and O–H groups in total. The average Bonchev–Trinajstić information content (AvgIpc) is 2.53. The van der Waals surface area contributed by atoms with Gasteiger partial charge in [-0.3, -0.25) is 0 Å². The van der Waals surface area contributed by atoms with Crippen LogP contribution < -0.4 is 24.0 Å². The summed E-state index contributed by atoms with van der Waals surface area (Å²) in [5, 5.41) is 33.2. The molecule has 0 atom stereocenters. The number of phenolic OH excluding ortho intramolecular Hbond substituents is 1. The maximum Gasteiger partial charge on any atom is 1.00 e. The molecule has 1 aromatic rings. The molecule has 0 aliphatic rings. The third kappa shape index (κ3) is 7.12. The summed E-state index contributed by atoms with van der Waals surface area (Å²) in [5.41, 5.74) is 3.26. The molecule has 0 spiro atoms. The van der Waals surface area contributed by atoms with Gasteiger partial charge in [-0.1, -0.05) is 43.1 Å². The van der Waals surface area contributed by atoms with E-state index in [2.05, 4.69) is 6.92 Å². The number of rotatable bonds is 9. The molecule has 5 heteroatoms. The van der Waals surface area contributed by atoms with Crippen molar-refractivity contribution in [3.05, 3.63) is 45.6 Å². The molecule has 27 heavy (non-hydrogen) atoms. The number of carboxylic acids is 1. The van der Waals surface area contributed by atoms with Crippen molar-refractivity contribution in [2.24, 2.45) is 0 Å². The van der Waals surface area contributed by atoms with Crippen molar-refractivity contribution in [2.75, 3.05) is 0 Å². The van der Waals surface area contributed by atoms with Crippen LogP contribution in [0, 0.1) is 0 Å². The Hall–Kier alpha value is -1.63. The van der Waals surface area contributed by atoms with E-state index in [0.717, 1.165) is 30.4 Å². The molecule has 0 fully saturated rings. The van der Waals surface area contributed by atoms with Crippen molar-refractivity contribution < 1.29 is 39.0 Å². The Bertz CT molecular complexity index is 710. The van der Waals surface area contributed by atoms with Crippen LogP contribution >= 0.6 is 0 Å². The van der Waals surface area contributed by atoms with Crippen LogP contribution in [-0.2, 0) is 19.3 Å². The number of hydrogen-bond acceptors (Lipinski definition) is 4. The van der Waals surface area contributed by atoms with Gasteiger partial charge in [0.2, 0.25) is 0 Å². The summed E-state index contributed by atoms with van der Waals surface area (Å²) in [6.45, 7) is 9.81. The molecule has 0 heterocycles. The number of carboxylic acid groups (broad SMARTS) is 1. The van der Waals surface area contributed by atoms with Gasteiger partial charge in [-0.2, -0.15) is 0 Å². The molecular formula is C22H31LiO4. The average molecular weight is 366 g/mol. The van der Waals surface area contributed by atoms with Crippen molar-refractivity contribution in [2.45, 2.75) is 73.1 Å². The van der Waals surface area contributed by atoms with Gasteiger partial charge in [0.25, 0.3) is 0 Å². The van der Waals surface area contributed by atoms with E-state index in [1.54, 1.807) is 0 Å². The van der Waals surface area contributed by atoms with Crippen molar-refractivity contribution in [3.8, 4) is 11.5 Å². The van der Waals surface area contributed by atoms with Crippen LogP contribution in [0.5, 0.6) is 11.5 Å². The van der Waals surface area contributed by atoms with Crippen LogP contribution in [0.15, 0.2) is 23.3 Å². The third-order valence-electron chi connectivity index (χ3n) is 4.42. The Balaban J connectivity index is 0.00000676. The summed E-state index contributed by atoms with van der Waals surface area (Å²) in [5.74, 6) is -1.77. The maximum atomic E-state index is 11.8. The minimum absolute atomic E-state index is 0. The summed E-state index contributed by atoms with van der Waals surface area (Å²) in [6.07, 6.45) is 7.76. The predicted octanol–water partition coefficient (Wildman–Crippen LogP) is 1.22. The topological polar surface area (TPSA) is 80.6 Å². The number of phenols is 2. The number of allylic oxidation sites excluding steroid dienone is 4. The van der Waals surface area contributed by atoms with Crippen LogP contribution in [0.1, 0.15) is 80.9 Å². The molecule has 1 rings (SSSR count). The van der Waals surface area contributed by atoms with Gasteiger partial charge in [-0.15, -0.1) is 0 Å². The van der Waals surface area contributed by atoms with E-state index in [9.17, 15) is 20.1 Å². The van der Waals surface area contributed by atoms with Gasteiger partial charge in [0.1, 0.15) is 11.5 Å². The van der Waals surface area contributed by atoms with E-state index in [1.807, 2.05) is 39.8 Å². The maximum absolute atomic E-state index is 11.8. The second-order valence-corrected chi connectivity index (χ2v) is 7.22. The number of unbranched alkanes of at least 4 members (excludes halogenated alkanes) is 2. The summed E-state index contributed by atoms with van der Waals surface area (Å²) in [6, 6.07) is 0. The van der Waals surface area contributed by atoms with Crippen LogP contribution in [0.3, 0.4) is 0 Å². The molecule has 0 saturated heterocycles. The molecule has 4 nitrogen and oxygen atoms in total. The largest absolute Gasteiger partial charge is 1.00 e. The molecule has 0 radical (unpaired) electrons. The minimum Gasteiger partial charge on any atom is -0.545 e. The normalized spacial score (nSPS) is 10.1. The molecule has 0 aliphatic carbocycles. The quantitative estimate of drug-likeness (QED) is 0.391. The van der Waals surface area contributed by atoms with Crippen molar-refractivity contribution >= 4 is 5.97 Å². The zero-order valence-electron chi connectivity index (χ0n) is 17.6. The number of benzene rings is 1. The predicted molar refractivity (Wildman–Crippen MR) is 104 cm³/mol. The van der Waals surface area contributed by atoms with E-state index in [-0.39, 0.29) is 47.9 Å². The monoisotopic (exact) mass is 366 g/mol. The minimum atomic E-state index is -1.40. The van der Waals surface area contributed by atoms with Crippen LogP contribution in [-0.4, -0.2) is 16.2 Å². The smallest absolute Gasteiger partial charge is 0.545 e. The fraction of sp³-hybridized carbons (Fsp3) is 0.500. The Labute approximate surface area is 175 Å². The number of aromatic hydroxyl groups is 2. The first kappa shape index (κ1) is 25.4. The second kappa shape index (κ2) is 12.0. The van der Waals surface area contributed by atoms with Gasteiger partial charge in [0.15, 0.2) is 0 Å². The second-order valence-electron chi connectivity index (χ2n) is 7.22. The van der Waals surface area contributed by atoms with E-state index in [0.29, 0.717) is 24.0 Å².